The molecular weight excluding hydrogens is 474 g/mol. The highest BCUT2D eigenvalue weighted by atomic mass is 16.7. The van der Waals surface area contributed by atoms with Crippen molar-refractivity contribution in [2.24, 2.45) is 0 Å². The Morgan fingerprint density at radius 1 is 0.838 bits per heavy atom. The van der Waals surface area contributed by atoms with Crippen LogP contribution in [0.2, 0.25) is 0 Å². The first-order valence-electron chi connectivity index (χ1n) is 12.1. The van der Waals surface area contributed by atoms with E-state index in [4.69, 9.17) is 28.4 Å². The Morgan fingerprint density at radius 2 is 1.49 bits per heavy atom. The maximum absolute atomic E-state index is 12.7. The molecular formula is C29H35NO7. The fraction of sp³-hybridized carbons (Fsp3) is 0.345. The molecule has 8 heteroatoms. The van der Waals surface area contributed by atoms with Crippen LogP contribution in [0.15, 0.2) is 72.8 Å². The molecule has 0 aromatic heterocycles. The molecule has 198 valence electrons. The van der Waals surface area contributed by atoms with Gasteiger partial charge in [0.15, 0.2) is 0 Å². The zero-order valence-corrected chi connectivity index (χ0v) is 21.6. The van der Waals surface area contributed by atoms with Crippen LogP contribution in [-0.2, 0) is 32.2 Å². The maximum Gasteiger partial charge on any atom is 0.408 e. The lowest BCUT2D eigenvalue weighted by molar-refractivity contribution is -0.0709. The lowest BCUT2D eigenvalue weighted by atomic mass is 10.0. The van der Waals surface area contributed by atoms with E-state index >= 15 is 0 Å². The molecule has 0 saturated heterocycles. The third-order valence-electron chi connectivity index (χ3n) is 5.58. The zero-order valence-electron chi connectivity index (χ0n) is 21.6. The van der Waals surface area contributed by atoms with Gasteiger partial charge in [0.1, 0.15) is 31.5 Å². The number of amides is 1. The SMILES string of the molecule is COCCOCOC[C@@H](NC(=O)OCc1ccccc1)c1cc(OC)c(C)c(OCc2ccccc2)c1. The molecule has 3 rings (SSSR count). The average molecular weight is 510 g/mol. The van der Waals surface area contributed by atoms with Crippen LogP contribution >= 0.6 is 0 Å². The van der Waals surface area contributed by atoms with Gasteiger partial charge in [-0.25, -0.2) is 4.79 Å². The first-order valence-corrected chi connectivity index (χ1v) is 12.1. The third-order valence-corrected chi connectivity index (χ3v) is 5.58. The molecule has 0 heterocycles. The minimum atomic E-state index is -0.566. The van der Waals surface area contributed by atoms with Crippen molar-refractivity contribution in [1.82, 2.24) is 5.32 Å². The lowest BCUT2D eigenvalue weighted by Crippen LogP contribution is -2.32. The molecule has 37 heavy (non-hydrogen) atoms. The van der Waals surface area contributed by atoms with Gasteiger partial charge in [0, 0.05) is 12.7 Å². The minimum absolute atomic E-state index is 0.0565. The fourth-order valence-electron chi connectivity index (χ4n) is 3.54. The summed E-state index contributed by atoms with van der Waals surface area (Å²) >= 11 is 0. The van der Waals surface area contributed by atoms with Crippen molar-refractivity contribution in [3.05, 3.63) is 95.1 Å². The summed E-state index contributed by atoms with van der Waals surface area (Å²) in [4.78, 5) is 12.7. The Balaban J connectivity index is 1.74. The van der Waals surface area contributed by atoms with Gasteiger partial charge in [0.05, 0.1) is 33.0 Å². The summed E-state index contributed by atoms with van der Waals surface area (Å²) in [5, 5.41) is 2.90. The summed E-state index contributed by atoms with van der Waals surface area (Å²) < 4.78 is 33.3. The number of hydrogen-bond donors (Lipinski definition) is 1. The van der Waals surface area contributed by atoms with Gasteiger partial charge in [-0.3, -0.25) is 0 Å². The predicted octanol–water partition coefficient (Wildman–Crippen LogP) is 5.19. The van der Waals surface area contributed by atoms with E-state index in [1.165, 1.54) is 0 Å². The van der Waals surface area contributed by atoms with Gasteiger partial charge in [0.25, 0.3) is 0 Å². The number of benzene rings is 3. The first kappa shape index (κ1) is 28.0. The number of carbonyl (C=O) groups is 1. The highest BCUT2D eigenvalue weighted by Crippen LogP contribution is 2.33. The van der Waals surface area contributed by atoms with Gasteiger partial charge >= 0.3 is 6.09 Å². The normalized spacial score (nSPS) is 11.5. The fourth-order valence-corrected chi connectivity index (χ4v) is 3.54. The topological polar surface area (TPSA) is 84.5 Å². The van der Waals surface area contributed by atoms with Crippen molar-refractivity contribution in [3.63, 3.8) is 0 Å². The number of rotatable bonds is 15. The summed E-state index contributed by atoms with van der Waals surface area (Å²) in [5.74, 6) is 1.29. The standard InChI is InChI=1S/C29H35NO7/c1-22-27(33-3)16-25(17-28(22)36-18-23-10-6-4-7-11-23)26(20-35-21-34-15-14-32-2)30-29(31)37-19-24-12-8-5-9-13-24/h4-13,16-17,26H,14-15,18-21H2,1-3H3,(H,30,31)/t26-/m1/s1. The molecule has 0 aliphatic carbocycles. The van der Waals surface area contributed by atoms with Crippen LogP contribution in [0, 0.1) is 6.92 Å². The Morgan fingerprint density at radius 3 is 2.14 bits per heavy atom. The monoisotopic (exact) mass is 509 g/mol. The molecule has 8 nitrogen and oxygen atoms in total. The molecule has 3 aromatic rings. The predicted molar refractivity (Wildman–Crippen MR) is 140 cm³/mol. The first-order chi connectivity index (χ1) is 18.1. The number of hydrogen-bond acceptors (Lipinski definition) is 7. The van der Waals surface area contributed by atoms with E-state index in [0.29, 0.717) is 31.3 Å². The maximum atomic E-state index is 12.7. The zero-order chi connectivity index (χ0) is 26.3. The van der Waals surface area contributed by atoms with E-state index in [1.807, 2.05) is 79.7 Å². The summed E-state index contributed by atoms with van der Waals surface area (Å²) in [6, 6.07) is 22.6. The summed E-state index contributed by atoms with van der Waals surface area (Å²) in [6.07, 6.45) is -0.566. The molecule has 1 N–H and O–H groups in total. The van der Waals surface area contributed by atoms with Crippen molar-refractivity contribution >= 4 is 6.09 Å². The van der Waals surface area contributed by atoms with Crippen molar-refractivity contribution in [2.75, 3.05) is 40.8 Å². The van der Waals surface area contributed by atoms with E-state index < -0.39 is 12.1 Å². The number of alkyl carbamates (subject to hydrolysis) is 1. The van der Waals surface area contributed by atoms with Crippen molar-refractivity contribution < 1.29 is 33.2 Å². The lowest BCUT2D eigenvalue weighted by Gasteiger charge is -2.22. The molecule has 0 spiro atoms. The molecule has 0 fully saturated rings. The molecule has 0 aliphatic heterocycles. The number of nitrogens with one attached hydrogen (secondary N) is 1. The third kappa shape index (κ3) is 9.42. The van der Waals surface area contributed by atoms with Crippen LogP contribution in [-0.4, -0.2) is 46.9 Å². The van der Waals surface area contributed by atoms with E-state index in [9.17, 15) is 4.79 Å². The van der Waals surface area contributed by atoms with Crippen molar-refractivity contribution in [2.45, 2.75) is 26.2 Å². The number of ether oxygens (including phenoxy) is 6. The van der Waals surface area contributed by atoms with E-state index in [1.54, 1.807) is 14.2 Å². The molecule has 0 aliphatic rings. The second-order valence-electron chi connectivity index (χ2n) is 8.27. The largest absolute Gasteiger partial charge is 0.496 e. The van der Waals surface area contributed by atoms with Crippen LogP contribution in [0.4, 0.5) is 4.79 Å². The molecule has 0 saturated carbocycles. The highest BCUT2D eigenvalue weighted by Gasteiger charge is 2.20. The minimum Gasteiger partial charge on any atom is -0.496 e. The Hall–Kier alpha value is -3.59. The second kappa shape index (κ2) is 15.5. The van der Waals surface area contributed by atoms with Gasteiger partial charge in [-0.2, -0.15) is 0 Å². The smallest absolute Gasteiger partial charge is 0.408 e. The van der Waals surface area contributed by atoms with Gasteiger partial charge in [0.2, 0.25) is 0 Å². The Kier molecular flexibility index (Phi) is 11.7. The summed E-state index contributed by atoms with van der Waals surface area (Å²) in [5.41, 5.74) is 3.54. The van der Waals surface area contributed by atoms with Crippen molar-refractivity contribution in [1.29, 1.82) is 0 Å². The van der Waals surface area contributed by atoms with Crippen molar-refractivity contribution in [3.8, 4) is 11.5 Å². The quantitative estimate of drug-likeness (QED) is 0.223. The number of carbonyl (C=O) groups excluding carboxylic acids is 1. The summed E-state index contributed by atoms with van der Waals surface area (Å²) in [6.45, 7) is 3.56. The Bertz CT molecular complexity index is 1080. The van der Waals surface area contributed by atoms with Crippen LogP contribution < -0.4 is 14.8 Å². The van der Waals surface area contributed by atoms with E-state index in [-0.39, 0.29) is 20.0 Å². The molecule has 0 unspecified atom stereocenters. The Labute approximate surface area is 218 Å². The highest BCUT2D eigenvalue weighted by molar-refractivity contribution is 5.68. The molecule has 0 radical (unpaired) electrons. The van der Waals surface area contributed by atoms with Gasteiger partial charge < -0.3 is 33.7 Å². The molecule has 0 bridgehead atoms. The summed E-state index contributed by atoms with van der Waals surface area (Å²) in [7, 11) is 3.21. The van der Waals surface area contributed by atoms with Gasteiger partial charge in [-0.1, -0.05) is 60.7 Å². The van der Waals surface area contributed by atoms with Crippen LogP contribution in [0.5, 0.6) is 11.5 Å². The molecule has 1 amide bonds. The molecule has 3 aromatic carbocycles. The van der Waals surface area contributed by atoms with Crippen LogP contribution in [0.25, 0.3) is 0 Å². The van der Waals surface area contributed by atoms with E-state index in [0.717, 1.165) is 22.3 Å². The van der Waals surface area contributed by atoms with Crippen LogP contribution in [0.3, 0.4) is 0 Å². The second-order valence-corrected chi connectivity index (χ2v) is 8.27. The number of methoxy groups -OCH3 is 2. The van der Waals surface area contributed by atoms with Crippen LogP contribution in [0.1, 0.15) is 28.3 Å². The average Bonchev–Trinajstić information content (AvgIpc) is 2.93. The molecule has 1 atom stereocenters. The van der Waals surface area contributed by atoms with Gasteiger partial charge in [-0.05, 0) is 35.7 Å². The van der Waals surface area contributed by atoms with E-state index in [2.05, 4.69) is 5.32 Å². The van der Waals surface area contributed by atoms with Gasteiger partial charge in [-0.15, -0.1) is 0 Å².